The lowest BCUT2D eigenvalue weighted by Gasteiger charge is -2.01. The fraction of sp³-hybridized carbons (Fsp3) is 0.500. The van der Waals surface area contributed by atoms with Crippen LogP contribution in [0.4, 0.5) is 0 Å². The normalized spacial score (nSPS) is 11.4. The van der Waals surface area contributed by atoms with Crippen LogP contribution in [0.1, 0.15) is 27.7 Å². The maximum Gasteiger partial charge on any atom is 0.215 e. The van der Waals surface area contributed by atoms with Gasteiger partial charge in [-0.15, -0.1) is 0 Å². The van der Waals surface area contributed by atoms with Crippen LogP contribution in [-0.4, -0.2) is 13.0 Å². The van der Waals surface area contributed by atoms with Gasteiger partial charge in [0.25, 0.3) is 0 Å². The lowest BCUT2D eigenvalue weighted by molar-refractivity contribution is 0.403. The average Bonchev–Trinajstić information content (AvgIpc) is 2.16. The second kappa shape index (κ2) is 9.95. The van der Waals surface area contributed by atoms with Crippen LogP contribution in [0, 0.1) is 0 Å². The molecule has 2 heteroatoms. The Balaban J connectivity index is 0. The van der Waals surface area contributed by atoms with E-state index in [0.717, 1.165) is 5.57 Å². The number of nitrogens with zero attached hydrogens (tertiary/aromatic N) is 1. The van der Waals surface area contributed by atoms with Crippen LogP contribution in [0.2, 0.25) is 0 Å². The Labute approximate surface area is 75.7 Å². The van der Waals surface area contributed by atoms with E-state index in [1.165, 1.54) is 6.20 Å². The zero-order chi connectivity index (χ0) is 9.98. The molecule has 0 spiro atoms. The van der Waals surface area contributed by atoms with Crippen LogP contribution < -0.4 is 0 Å². The third-order valence-electron chi connectivity index (χ3n) is 1.17. The van der Waals surface area contributed by atoms with Crippen LogP contribution in [0.3, 0.4) is 0 Å². The highest BCUT2D eigenvalue weighted by molar-refractivity contribution is 5.93. The topological polar surface area (TPSA) is 21.6 Å². The summed E-state index contributed by atoms with van der Waals surface area (Å²) >= 11 is 0. The van der Waals surface area contributed by atoms with E-state index in [1.807, 2.05) is 33.8 Å². The summed E-state index contributed by atoms with van der Waals surface area (Å²) in [7, 11) is 1.59. The first-order valence-electron chi connectivity index (χ1n) is 4.12. The predicted octanol–water partition coefficient (Wildman–Crippen LogP) is 3.17. The quantitative estimate of drug-likeness (QED) is 0.459. The standard InChI is InChI=1S/C8H13NO.C2H6/c1-5-7(3)8(10-4)9-6-2;1-2/h5-6H,2H2,1,3-4H3;1-2H3/b7-5-,9-8?;. The molecule has 0 radical (unpaired) electrons. The first-order valence-corrected chi connectivity index (χ1v) is 4.12. The first-order chi connectivity index (χ1) is 5.76. The van der Waals surface area contributed by atoms with Crippen molar-refractivity contribution < 1.29 is 4.74 Å². The van der Waals surface area contributed by atoms with Gasteiger partial charge in [-0.05, 0) is 13.8 Å². The second-order valence-electron chi connectivity index (χ2n) is 1.79. The van der Waals surface area contributed by atoms with Crippen molar-refractivity contribution in [3.8, 4) is 0 Å². The molecule has 0 saturated carbocycles. The van der Waals surface area contributed by atoms with E-state index in [0.29, 0.717) is 5.90 Å². The van der Waals surface area contributed by atoms with E-state index in [4.69, 9.17) is 4.74 Å². The molecular formula is C10H19NO. The molecule has 0 aliphatic rings. The van der Waals surface area contributed by atoms with Crippen molar-refractivity contribution in [2.45, 2.75) is 27.7 Å². The number of hydrogen-bond acceptors (Lipinski definition) is 2. The maximum absolute atomic E-state index is 4.95. The highest BCUT2D eigenvalue weighted by atomic mass is 16.5. The minimum absolute atomic E-state index is 0.623. The van der Waals surface area contributed by atoms with E-state index in [2.05, 4.69) is 11.6 Å². The van der Waals surface area contributed by atoms with Gasteiger partial charge < -0.3 is 4.74 Å². The van der Waals surface area contributed by atoms with Crippen molar-refractivity contribution in [3.63, 3.8) is 0 Å². The summed E-state index contributed by atoms with van der Waals surface area (Å²) in [5.41, 5.74) is 1.02. The van der Waals surface area contributed by atoms with Crippen molar-refractivity contribution in [2.75, 3.05) is 7.11 Å². The van der Waals surface area contributed by atoms with Crippen LogP contribution in [0.15, 0.2) is 29.4 Å². The van der Waals surface area contributed by atoms with Crippen molar-refractivity contribution in [3.05, 3.63) is 24.4 Å². The van der Waals surface area contributed by atoms with E-state index in [9.17, 15) is 0 Å². The molecule has 0 atom stereocenters. The van der Waals surface area contributed by atoms with Gasteiger partial charge in [0.15, 0.2) is 0 Å². The van der Waals surface area contributed by atoms with Crippen LogP contribution >= 0.6 is 0 Å². The van der Waals surface area contributed by atoms with Crippen molar-refractivity contribution >= 4 is 5.90 Å². The lowest BCUT2D eigenvalue weighted by atomic mass is 10.3. The van der Waals surface area contributed by atoms with Gasteiger partial charge in [0.05, 0.1) is 7.11 Å². The van der Waals surface area contributed by atoms with E-state index in [1.54, 1.807) is 7.11 Å². The molecule has 0 aromatic heterocycles. The van der Waals surface area contributed by atoms with Gasteiger partial charge in [-0.1, -0.05) is 26.5 Å². The van der Waals surface area contributed by atoms with E-state index in [-0.39, 0.29) is 0 Å². The third kappa shape index (κ3) is 5.71. The number of rotatable bonds is 2. The third-order valence-corrected chi connectivity index (χ3v) is 1.17. The molecule has 0 fully saturated rings. The first kappa shape index (κ1) is 13.5. The van der Waals surface area contributed by atoms with Crippen molar-refractivity contribution in [1.82, 2.24) is 0 Å². The Morgan fingerprint density at radius 2 is 1.92 bits per heavy atom. The van der Waals surface area contributed by atoms with Crippen LogP contribution in [0.5, 0.6) is 0 Å². The number of hydrogen-bond donors (Lipinski definition) is 0. The molecule has 0 amide bonds. The molecule has 0 rings (SSSR count). The summed E-state index contributed by atoms with van der Waals surface area (Å²) in [5, 5.41) is 0. The molecule has 0 N–H and O–H groups in total. The van der Waals surface area contributed by atoms with Gasteiger partial charge in [-0.25, -0.2) is 4.99 Å². The molecule has 0 aliphatic heterocycles. The predicted molar refractivity (Wildman–Crippen MR) is 55.4 cm³/mol. The number of methoxy groups -OCH3 is 1. The van der Waals surface area contributed by atoms with Crippen LogP contribution in [0.25, 0.3) is 0 Å². The average molecular weight is 169 g/mol. The number of ether oxygens (including phenoxy) is 1. The second-order valence-corrected chi connectivity index (χ2v) is 1.79. The summed E-state index contributed by atoms with van der Waals surface area (Å²) < 4.78 is 4.95. The lowest BCUT2D eigenvalue weighted by Crippen LogP contribution is -2.01. The maximum atomic E-state index is 4.95. The SMILES string of the molecule is C=CN=C(OC)/C(C)=C\C.CC. The summed E-state index contributed by atoms with van der Waals surface area (Å²) in [6.07, 6.45) is 3.40. The van der Waals surface area contributed by atoms with Crippen molar-refractivity contribution in [1.29, 1.82) is 0 Å². The number of aliphatic imine (C=N–C) groups is 1. The molecular weight excluding hydrogens is 150 g/mol. The molecule has 0 aromatic rings. The fourth-order valence-corrected chi connectivity index (χ4v) is 0.522. The Morgan fingerprint density at radius 1 is 1.42 bits per heavy atom. The van der Waals surface area contributed by atoms with E-state index < -0.39 is 0 Å². The van der Waals surface area contributed by atoms with Crippen molar-refractivity contribution in [2.24, 2.45) is 4.99 Å². The fourth-order valence-electron chi connectivity index (χ4n) is 0.522. The Bertz CT molecular complexity index is 169. The molecule has 0 bridgehead atoms. The van der Waals surface area contributed by atoms with Gasteiger partial charge in [0.1, 0.15) is 0 Å². The summed E-state index contributed by atoms with van der Waals surface area (Å²) in [4.78, 5) is 3.90. The van der Waals surface area contributed by atoms with E-state index >= 15 is 0 Å². The Morgan fingerprint density at radius 3 is 2.17 bits per heavy atom. The Hall–Kier alpha value is -1.05. The van der Waals surface area contributed by atoms with Gasteiger partial charge >= 0.3 is 0 Å². The molecule has 12 heavy (non-hydrogen) atoms. The highest BCUT2D eigenvalue weighted by Crippen LogP contribution is 1.97. The van der Waals surface area contributed by atoms with Gasteiger partial charge in [0.2, 0.25) is 5.90 Å². The zero-order valence-electron chi connectivity index (χ0n) is 8.72. The Kier molecular flexibility index (Phi) is 11.2. The summed E-state index contributed by atoms with van der Waals surface area (Å²) in [6, 6.07) is 0. The monoisotopic (exact) mass is 169 g/mol. The number of allylic oxidation sites excluding steroid dienone is 1. The zero-order valence-corrected chi connectivity index (χ0v) is 8.72. The summed E-state index contributed by atoms with van der Waals surface area (Å²) in [5.74, 6) is 0.623. The molecule has 0 unspecified atom stereocenters. The van der Waals surface area contributed by atoms with Crippen LogP contribution in [-0.2, 0) is 4.74 Å². The van der Waals surface area contributed by atoms with Gasteiger partial charge in [-0.2, -0.15) is 0 Å². The minimum atomic E-state index is 0.623. The van der Waals surface area contributed by atoms with Gasteiger partial charge in [0, 0.05) is 11.8 Å². The molecule has 0 saturated heterocycles. The molecule has 0 aliphatic carbocycles. The summed E-state index contributed by atoms with van der Waals surface area (Å²) in [6.45, 7) is 11.3. The molecule has 2 nitrogen and oxygen atoms in total. The van der Waals surface area contributed by atoms with Gasteiger partial charge in [-0.3, -0.25) is 0 Å². The largest absolute Gasteiger partial charge is 0.481 e. The molecule has 0 heterocycles. The molecule has 70 valence electrons. The highest BCUT2D eigenvalue weighted by Gasteiger charge is 1.96. The minimum Gasteiger partial charge on any atom is -0.481 e. The molecule has 0 aromatic carbocycles. The smallest absolute Gasteiger partial charge is 0.215 e.